The van der Waals surface area contributed by atoms with Crippen molar-refractivity contribution in [3.63, 3.8) is 0 Å². The molecule has 0 saturated carbocycles. The molecular weight excluding hydrogens is 265 g/mol. The molecule has 0 unspecified atom stereocenters. The van der Waals surface area contributed by atoms with Crippen LogP contribution in [0.1, 0.15) is 11.1 Å². The lowest BCUT2D eigenvalue weighted by Gasteiger charge is -2.10. The van der Waals surface area contributed by atoms with Gasteiger partial charge in [0.15, 0.2) is 0 Å². The molecule has 0 aromatic heterocycles. The maximum atomic E-state index is 12.8. The van der Waals surface area contributed by atoms with E-state index in [2.05, 4.69) is 5.32 Å². The third kappa shape index (κ3) is 3.03. The molecule has 0 atom stereocenters. The Balaban J connectivity index is 1.76. The van der Waals surface area contributed by atoms with Crippen molar-refractivity contribution in [3.8, 4) is 5.75 Å². The molecule has 0 saturated heterocycles. The van der Waals surface area contributed by atoms with Gasteiger partial charge in [0.2, 0.25) is 0 Å². The lowest BCUT2D eigenvalue weighted by atomic mass is 10.0. The minimum absolute atomic E-state index is 0.231. The van der Waals surface area contributed by atoms with Crippen molar-refractivity contribution >= 4 is 10.8 Å². The van der Waals surface area contributed by atoms with Crippen molar-refractivity contribution in [1.29, 1.82) is 0 Å². The molecular formula is C18H16FNO. The van der Waals surface area contributed by atoms with Gasteiger partial charge in [0.25, 0.3) is 0 Å². The SMILES string of the molecule is Oc1ccc2ccccc2c1CNCc1ccc(F)cc1. The average molecular weight is 281 g/mol. The number of hydrogen-bond donors (Lipinski definition) is 2. The molecule has 0 fully saturated rings. The van der Waals surface area contributed by atoms with Crippen LogP contribution in [0.5, 0.6) is 5.75 Å². The van der Waals surface area contributed by atoms with E-state index in [0.29, 0.717) is 18.8 Å². The van der Waals surface area contributed by atoms with Crippen LogP contribution in [0.25, 0.3) is 10.8 Å². The Morgan fingerprint density at radius 2 is 1.62 bits per heavy atom. The number of fused-ring (bicyclic) bond motifs is 1. The quantitative estimate of drug-likeness (QED) is 0.758. The Morgan fingerprint density at radius 1 is 0.857 bits per heavy atom. The van der Waals surface area contributed by atoms with E-state index < -0.39 is 0 Å². The van der Waals surface area contributed by atoms with Crippen LogP contribution in [-0.4, -0.2) is 5.11 Å². The monoisotopic (exact) mass is 281 g/mol. The van der Waals surface area contributed by atoms with Gasteiger partial charge in [-0.1, -0.05) is 42.5 Å². The van der Waals surface area contributed by atoms with Crippen molar-refractivity contribution < 1.29 is 9.50 Å². The van der Waals surface area contributed by atoms with Gasteiger partial charge in [0.05, 0.1) is 0 Å². The van der Waals surface area contributed by atoms with Crippen LogP contribution < -0.4 is 5.32 Å². The number of nitrogens with one attached hydrogen (secondary N) is 1. The normalized spacial score (nSPS) is 10.9. The van der Waals surface area contributed by atoms with Crippen molar-refractivity contribution in [2.24, 2.45) is 0 Å². The number of hydrogen-bond acceptors (Lipinski definition) is 2. The van der Waals surface area contributed by atoms with E-state index in [9.17, 15) is 9.50 Å². The summed E-state index contributed by atoms with van der Waals surface area (Å²) < 4.78 is 12.8. The Kier molecular flexibility index (Phi) is 3.84. The molecule has 3 aromatic carbocycles. The van der Waals surface area contributed by atoms with Crippen LogP contribution in [-0.2, 0) is 13.1 Å². The van der Waals surface area contributed by atoms with Gasteiger partial charge in [-0.2, -0.15) is 0 Å². The van der Waals surface area contributed by atoms with Gasteiger partial charge in [0, 0.05) is 18.7 Å². The summed E-state index contributed by atoms with van der Waals surface area (Å²) in [6, 6.07) is 18.0. The van der Waals surface area contributed by atoms with E-state index >= 15 is 0 Å². The summed E-state index contributed by atoms with van der Waals surface area (Å²) in [6.45, 7) is 1.19. The van der Waals surface area contributed by atoms with Gasteiger partial charge < -0.3 is 10.4 Å². The first-order valence-electron chi connectivity index (χ1n) is 6.89. The number of halogens is 1. The first kappa shape index (κ1) is 13.6. The molecule has 3 heteroatoms. The predicted octanol–water partition coefficient (Wildman–Crippen LogP) is 3.97. The summed E-state index contributed by atoms with van der Waals surface area (Å²) in [4.78, 5) is 0. The highest BCUT2D eigenvalue weighted by Crippen LogP contribution is 2.26. The number of rotatable bonds is 4. The summed E-state index contributed by atoms with van der Waals surface area (Å²) in [5.74, 6) is 0.0609. The molecule has 3 rings (SSSR count). The van der Waals surface area contributed by atoms with E-state index in [1.165, 1.54) is 12.1 Å². The topological polar surface area (TPSA) is 32.3 Å². The second kappa shape index (κ2) is 5.94. The fraction of sp³-hybridized carbons (Fsp3) is 0.111. The highest BCUT2D eigenvalue weighted by molar-refractivity contribution is 5.87. The van der Waals surface area contributed by atoms with Crippen LogP contribution in [0.4, 0.5) is 4.39 Å². The predicted molar refractivity (Wildman–Crippen MR) is 82.6 cm³/mol. The zero-order chi connectivity index (χ0) is 14.7. The molecule has 0 aliphatic heterocycles. The minimum atomic E-state index is -0.231. The summed E-state index contributed by atoms with van der Waals surface area (Å²) in [6.07, 6.45) is 0. The molecule has 0 amide bonds. The van der Waals surface area contributed by atoms with Crippen molar-refractivity contribution in [3.05, 3.63) is 77.6 Å². The molecule has 0 aliphatic rings. The smallest absolute Gasteiger partial charge is 0.123 e. The third-order valence-corrected chi connectivity index (χ3v) is 3.56. The largest absolute Gasteiger partial charge is 0.508 e. The van der Waals surface area contributed by atoms with E-state index in [1.54, 1.807) is 18.2 Å². The molecule has 0 heterocycles. The van der Waals surface area contributed by atoms with Crippen LogP contribution >= 0.6 is 0 Å². The Bertz CT molecular complexity index is 753. The van der Waals surface area contributed by atoms with Crippen LogP contribution in [0.3, 0.4) is 0 Å². The molecule has 0 spiro atoms. The fourth-order valence-electron chi connectivity index (χ4n) is 2.44. The Hall–Kier alpha value is -2.39. The first-order chi connectivity index (χ1) is 10.2. The van der Waals surface area contributed by atoms with E-state index in [1.807, 2.05) is 30.3 Å². The molecule has 0 radical (unpaired) electrons. The summed E-state index contributed by atoms with van der Waals surface area (Å²) in [5, 5.41) is 15.5. The summed E-state index contributed by atoms with van der Waals surface area (Å²) >= 11 is 0. The highest BCUT2D eigenvalue weighted by atomic mass is 19.1. The van der Waals surface area contributed by atoms with Gasteiger partial charge in [-0.25, -0.2) is 4.39 Å². The van der Waals surface area contributed by atoms with E-state index in [0.717, 1.165) is 21.9 Å². The zero-order valence-electron chi connectivity index (χ0n) is 11.5. The van der Waals surface area contributed by atoms with Crippen LogP contribution in [0.15, 0.2) is 60.7 Å². The molecule has 2 nitrogen and oxygen atoms in total. The zero-order valence-corrected chi connectivity index (χ0v) is 11.5. The number of phenolic OH excluding ortho intramolecular Hbond substituents is 1. The number of phenols is 1. The second-order valence-corrected chi connectivity index (χ2v) is 5.01. The van der Waals surface area contributed by atoms with E-state index in [4.69, 9.17) is 0 Å². The maximum Gasteiger partial charge on any atom is 0.123 e. The minimum Gasteiger partial charge on any atom is -0.508 e. The third-order valence-electron chi connectivity index (χ3n) is 3.56. The summed E-state index contributed by atoms with van der Waals surface area (Å²) in [7, 11) is 0. The first-order valence-corrected chi connectivity index (χ1v) is 6.89. The number of aromatic hydroxyl groups is 1. The maximum absolute atomic E-state index is 12.8. The van der Waals surface area contributed by atoms with Gasteiger partial charge in [-0.3, -0.25) is 0 Å². The van der Waals surface area contributed by atoms with Crippen LogP contribution in [0.2, 0.25) is 0 Å². The van der Waals surface area contributed by atoms with Gasteiger partial charge in [0.1, 0.15) is 11.6 Å². The lowest BCUT2D eigenvalue weighted by molar-refractivity contribution is 0.466. The van der Waals surface area contributed by atoms with Gasteiger partial charge in [-0.15, -0.1) is 0 Å². The average Bonchev–Trinajstić information content (AvgIpc) is 2.51. The molecule has 2 N–H and O–H groups in total. The highest BCUT2D eigenvalue weighted by Gasteiger charge is 2.06. The molecule has 3 aromatic rings. The van der Waals surface area contributed by atoms with Crippen molar-refractivity contribution in [2.75, 3.05) is 0 Å². The Morgan fingerprint density at radius 3 is 2.43 bits per heavy atom. The Labute approximate surface area is 122 Å². The van der Waals surface area contributed by atoms with Gasteiger partial charge in [-0.05, 0) is 34.5 Å². The number of benzene rings is 3. The standard InChI is InChI=1S/C18H16FNO/c19-15-8-5-13(6-9-15)11-20-12-17-16-4-2-1-3-14(16)7-10-18(17)21/h1-10,20-21H,11-12H2. The van der Waals surface area contributed by atoms with Crippen molar-refractivity contribution in [2.45, 2.75) is 13.1 Å². The molecule has 106 valence electrons. The van der Waals surface area contributed by atoms with Crippen LogP contribution in [0, 0.1) is 5.82 Å². The molecule has 0 aliphatic carbocycles. The second-order valence-electron chi connectivity index (χ2n) is 5.01. The summed E-state index contributed by atoms with van der Waals surface area (Å²) in [5.41, 5.74) is 1.89. The molecule has 0 bridgehead atoms. The fourth-order valence-corrected chi connectivity index (χ4v) is 2.44. The van der Waals surface area contributed by atoms with Crippen molar-refractivity contribution in [1.82, 2.24) is 5.32 Å². The van der Waals surface area contributed by atoms with Gasteiger partial charge >= 0.3 is 0 Å². The molecule has 21 heavy (non-hydrogen) atoms. The van der Waals surface area contributed by atoms with E-state index in [-0.39, 0.29) is 5.82 Å². The lowest BCUT2D eigenvalue weighted by Crippen LogP contribution is -2.13.